The highest BCUT2D eigenvalue weighted by Gasteiger charge is 2.54. The van der Waals surface area contributed by atoms with Crippen LogP contribution in [0.4, 0.5) is 0 Å². The summed E-state index contributed by atoms with van der Waals surface area (Å²) in [6.07, 6.45) is -13.1. The van der Waals surface area contributed by atoms with Gasteiger partial charge in [-0.15, -0.1) is 0 Å². The number of benzene rings is 7. The van der Waals surface area contributed by atoms with Gasteiger partial charge < -0.3 is 139 Å². The molecule has 2 aromatic heterocycles. The molecule has 19 N–H and O–H groups in total. The van der Waals surface area contributed by atoms with Crippen LogP contribution in [0.3, 0.4) is 0 Å². The van der Waals surface area contributed by atoms with Crippen molar-refractivity contribution in [2.45, 2.75) is 30.7 Å². The maximum Gasteiger partial charge on any atom is 0.344 e. The van der Waals surface area contributed by atoms with Crippen molar-refractivity contribution in [3.63, 3.8) is 0 Å². The number of hydrogen-bond acceptors (Lipinski definition) is 34. The van der Waals surface area contributed by atoms with Crippen LogP contribution in [0.25, 0.3) is 43.8 Å². The average Bonchev–Trinajstić information content (AvgIpc) is 0.770. The number of phenolic OH excluding ortho intramolecular Hbond substituents is 17. The lowest BCUT2D eigenvalue weighted by molar-refractivity contribution is -0.284. The van der Waals surface area contributed by atoms with E-state index in [1.165, 1.54) is 0 Å². The van der Waals surface area contributed by atoms with Crippen molar-refractivity contribution >= 4 is 62.6 Å². The Morgan fingerprint density at radius 3 is 1.51 bits per heavy atom. The molecule has 0 radical (unpaired) electrons. The maximum atomic E-state index is 14.8. The summed E-state index contributed by atoms with van der Waals surface area (Å²) in [5, 5.41) is 202. The van der Waals surface area contributed by atoms with Crippen LogP contribution in [-0.4, -0.2) is 164 Å². The van der Waals surface area contributed by atoms with Crippen LogP contribution >= 0.6 is 0 Å². The monoisotopic (exact) mass is 1250 g/mol. The summed E-state index contributed by atoms with van der Waals surface area (Å²) in [4.78, 5) is 96.8. The Hall–Kier alpha value is -13.1. The number of aliphatic hydroxyl groups is 1. The Morgan fingerprint density at radius 1 is 0.456 bits per heavy atom. The van der Waals surface area contributed by atoms with E-state index in [-0.39, 0.29) is 5.39 Å². The first-order valence-electron chi connectivity index (χ1n) is 24.7. The van der Waals surface area contributed by atoms with Gasteiger partial charge in [-0.3, -0.25) is 0 Å². The number of aromatic hydroxyl groups is 17. The summed E-state index contributed by atoms with van der Waals surface area (Å²) < 4.78 is 49.2. The fraction of sp³-hybridized carbons (Fsp3) is 0.109. The molecule has 2 aliphatic heterocycles. The normalized spacial score (nSPS) is 17.3. The maximum absolute atomic E-state index is 14.8. The molecule has 0 saturated carbocycles. The number of carboxylic acids is 1. The summed E-state index contributed by atoms with van der Waals surface area (Å²) >= 11 is 0. The average molecular weight is 1250 g/mol. The molecule has 7 aromatic carbocycles. The van der Waals surface area contributed by atoms with Gasteiger partial charge in [-0.05, 0) is 24.3 Å². The number of rotatable bonds is 9. The third-order valence-corrected chi connectivity index (χ3v) is 14.0. The molecule has 9 aromatic rings. The molecular formula is C55H34O35. The minimum absolute atomic E-state index is 0.293. The number of cyclic esters (lactones) is 1. The van der Waals surface area contributed by atoms with E-state index >= 15 is 0 Å². The van der Waals surface area contributed by atoms with Gasteiger partial charge in [-0.1, -0.05) is 0 Å². The van der Waals surface area contributed by atoms with Gasteiger partial charge in [-0.2, -0.15) is 0 Å². The number of carbonyl (C=O) groups excluding carboxylic acids is 4. The number of aromatic carboxylic acids is 1. The molecule has 11 rings (SSSR count). The third kappa shape index (κ3) is 9.12. The van der Waals surface area contributed by atoms with E-state index < -0.39 is 265 Å². The molecular weight excluding hydrogens is 1220 g/mol. The topological polar surface area (TPSA) is 595 Å². The van der Waals surface area contributed by atoms with Gasteiger partial charge in [0.25, 0.3) is 0 Å². The first kappa shape index (κ1) is 58.7. The summed E-state index contributed by atoms with van der Waals surface area (Å²) in [7, 11) is 0. The molecule has 90 heavy (non-hydrogen) atoms. The number of fused-ring (bicyclic) bond motifs is 4. The quantitative estimate of drug-likeness (QED) is 0.0324. The van der Waals surface area contributed by atoms with E-state index in [4.69, 9.17) is 42.0 Å². The van der Waals surface area contributed by atoms with Crippen LogP contribution in [0.5, 0.6) is 121 Å². The molecule has 1 saturated heterocycles. The largest absolute Gasteiger partial charge is 0.504 e. The molecule has 0 amide bonds. The SMILES string of the molecule is O=C(O[C@@H]1[C@@H](OC(=O)c2cc(O)c(O)c(O)c2Oc2cc3c(=O)oc4c(O)c(O)cc5c(=O)oc(c2O)c3c45)[C@H](O)O[C@@H]2COC(=O)c3cc(Oc4c(C(=O)O)cc(O)c(O)c4O)c(O)c(O)c3-c3c(cc(O)c(O)c3O)C(=O)O[C@@H]12)c1cc(O)c(O)c(O)c1. The Labute approximate surface area is 490 Å². The highest BCUT2D eigenvalue weighted by atomic mass is 16.7. The lowest BCUT2D eigenvalue weighted by Gasteiger charge is -2.42. The zero-order valence-corrected chi connectivity index (χ0v) is 43.7. The van der Waals surface area contributed by atoms with Crippen molar-refractivity contribution in [1.29, 1.82) is 0 Å². The van der Waals surface area contributed by atoms with Crippen molar-refractivity contribution in [2.75, 3.05) is 6.61 Å². The molecule has 35 heteroatoms. The number of carbonyl (C=O) groups is 5. The smallest absolute Gasteiger partial charge is 0.344 e. The first-order valence-corrected chi connectivity index (χ1v) is 24.7. The van der Waals surface area contributed by atoms with Gasteiger partial charge in [0.05, 0.1) is 27.5 Å². The minimum atomic E-state index is -2.81. The number of phenols is 17. The van der Waals surface area contributed by atoms with Gasteiger partial charge in [0.1, 0.15) is 23.8 Å². The van der Waals surface area contributed by atoms with Crippen molar-refractivity contribution in [2.24, 2.45) is 0 Å². The van der Waals surface area contributed by atoms with Gasteiger partial charge in [-0.25, -0.2) is 33.6 Å². The van der Waals surface area contributed by atoms with Crippen molar-refractivity contribution in [1.82, 2.24) is 0 Å². The molecule has 0 unspecified atom stereocenters. The number of carboxylic acid groups (broad SMARTS) is 1. The highest BCUT2D eigenvalue weighted by molar-refractivity contribution is 6.22. The van der Waals surface area contributed by atoms with Crippen LogP contribution in [0, 0.1) is 0 Å². The van der Waals surface area contributed by atoms with E-state index in [1.54, 1.807) is 0 Å². The van der Waals surface area contributed by atoms with Crippen LogP contribution < -0.4 is 20.7 Å². The highest BCUT2D eigenvalue weighted by Crippen LogP contribution is 2.56. The summed E-state index contributed by atoms with van der Waals surface area (Å²) in [5.74, 6) is -37.6. The number of hydrogen-bond donors (Lipinski definition) is 19. The summed E-state index contributed by atoms with van der Waals surface area (Å²) in [6, 6.07) is 3.66. The number of esters is 4. The zero-order chi connectivity index (χ0) is 65.3. The van der Waals surface area contributed by atoms with Crippen molar-refractivity contribution in [3.05, 3.63) is 97.2 Å². The molecule has 4 heterocycles. The predicted molar refractivity (Wildman–Crippen MR) is 283 cm³/mol. The molecule has 0 aliphatic carbocycles. The van der Waals surface area contributed by atoms with E-state index in [2.05, 4.69) is 0 Å². The van der Waals surface area contributed by atoms with Crippen molar-refractivity contribution < 1.29 is 163 Å². The second-order valence-corrected chi connectivity index (χ2v) is 19.3. The molecule has 464 valence electrons. The number of ether oxygens (including phenoxy) is 7. The Bertz CT molecular complexity index is 4780. The predicted octanol–water partition coefficient (Wildman–Crippen LogP) is 3.30. The standard InChI is InChI=1S/C55H34O35/c56-17-1-10(2-18(57)30(17)62)49(75)89-46-43-25(9-82-50(76)13-7-23(83-41-15(48(73)74)5-20(59)32(64)39(41)71)35(67)38(70)27(13)26-11(51(77)86-43)3-19(58)31(63)37(26)69)85-55(81)47(46)90-54(80)16-6-21(60)33(65)40(72)42(16)84-24-8-14-29-28-12(52(78)88-45(29)36(24)68)4-22(61)34(66)44(28)87-53(14)79/h1-8,25,43,46-47,55-72,81H,9H2,(H,73,74)/t25-,43-,46+,47-,55-/m1/s1. The van der Waals surface area contributed by atoms with E-state index in [9.17, 15) is 131 Å². The Kier molecular flexibility index (Phi) is 13.6. The first-order chi connectivity index (χ1) is 42.4. The van der Waals surface area contributed by atoms with Crippen LogP contribution in [-0.2, 0) is 23.7 Å². The lowest BCUT2D eigenvalue weighted by Crippen LogP contribution is -2.62. The van der Waals surface area contributed by atoms with Gasteiger partial charge >= 0.3 is 41.1 Å². The van der Waals surface area contributed by atoms with Gasteiger partial charge in [0.15, 0.2) is 111 Å². The van der Waals surface area contributed by atoms with Crippen LogP contribution in [0.15, 0.2) is 67.0 Å². The zero-order valence-electron chi connectivity index (χ0n) is 43.7. The van der Waals surface area contributed by atoms with E-state index in [0.29, 0.717) is 42.5 Å². The second kappa shape index (κ2) is 20.9. The summed E-state index contributed by atoms with van der Waals surface area (Å²) in [6.45, 7) is -1.40. The Morgan fingerprint density at radius 2 is 0.922 bits per heavy atom. The fourth-order valence-electron chi connectivity index (χ4n) is 9.78. The molecule has 1 fully saturated rings. The van der Waals surface area contributed by atoms with E-state index in [1.807, 2.05) is 0 Å². The fourth-order valence-corrected chi connectivity index (χ4v) is 9.78. The number of aliphatic hydroxyl groups excluding tert-OH is 1. The van der Waals surface area contributed by atoms with Gasteiger partial charge in [0, 0.05) is 46.2 Å². The molecule has 2 aliphatic rings. The molecule has 5 atom stereocenters. The Balaban J connectivity index is 1.03. The lowest BCUT2D eigenvalue weighted by atomic mass is 9.91. The second-order valence-electron chi connectivity index (χ2n) is 19.3. The summed E-state index contributed by atoms with van der Waals surface area (Å²) in [5.41, 5.74) is -12.7. The third-order valence-electron chi connectivity index (χ3n) is 14.0. The molecule has 0 bridgehead atoms. The van der Waals surface area contributed by atoms with Crippen molar-refractivity contribution in [3.8, 4) is 132 Å². The van der Waals surface area contributed by atoms with E-state index in [0.717, 1.165) is 6.07 Å². The molecule has 0 spiro atoms. The van der Waals surface area contributed by atoms with Gasteiger partial charge in [0.2, 0.25) is 46.0 Å². The molecule has 35 nitrogen and oxygen atoms in total. The minimum Gasteiger partial charge on any atom is -0.504 e. The van der Waals surface area contributed by atoms with Crippen LogP contribution in [0.2, 0.25) is 0 Å². The van der Waals surface area contributed by atoms with Crippen LogP contribution in [0.1, 0.15) is 51.8 Å².